The van der Waals surface area contributed by atoms with Gasteiger partial charge < -0.3 is 10.2 Å². The van der Waals surface area contributed by atoms with Crippen LogP contribution in [0.5, 0.6) is 0 Å². The first kappa shape index (κ1) is 13.4. The van der Waals surface area contributed by atoms with Crippen molar-refractivity contribution in [2.45, 2.75) is 32.7 Å². The number of halogens is 1. The molecule has 98 valence electrons. The van der Waals surface area contributed by atoms with Gasteiger partial charge in [-0.3, -0.25) is 4.79 Å². The van der Waals surface area contributed by atoms with Crippen LogP contribution in [-0.2, 0) is 4.79 Å². The molecule has 1 fully saturated rings. The summed E-state index contributed by atoms with van der Waals surface area (Å²) in [5.74, 6) is 0.199. The molecule has 0 aromatic heterocycles. The van der Waals surface area contributed by atoms with E-state index in [1.54, 1.807) is 0 Å². The van der Waals surface area contributed by atoms with Crippen LogP contribution >= 0.6 is 15.9 Å². The maximum atomic E-state index is 12.2. The lowest BCUT2D eigenvalue weighted by molar-refractivity contribution is -0.130. The first-order valence-corrected chi connectivity index (χ1v) is 7.18. The van der Waals surface area contributed by atoms with Crippen molar-refractivity contribution >= 4 is 27.5 Å². The summed E-state index contributed by atoms with van der Waals surface area (Å²) >= 11 is 3.47. The lowest BCUT2D eigenvalue weighted by Gasteiger charge is -2.22. The molecule has 3 nitrogen and oxygen atoms in total. The maximum absolute atomic E-state index is 12.2. The lowest BCUT2D eigenvalue weighted by Crippen LogP contribution is -2.39. The number of nitrogens with zero attached hydrogens (tertiary/aromatic N) is 1. The number of hydrogen-bond donors (Lipinski definition) is 1. The Kier molecular flexibility index (Phi) is 4.27. The lowest BCUT2D eigenvalue weighted by atomic mass is 10.2. The third-order valence-corrected chi connectivity index (χ3v) is 3.67. The number of carbonyl (C=O) groups is 1. The molecule has 18 heavy (non-hydrogen) atoms. The van der Waals surface area contributed by atoms with Gasteiger partial charge in [-0.2, -0.15) is 0 Å². The van der Waals surface area contributed by atoms with Gasteiger partial charge >= 0.3 is 0 Å². The second-order valence-electron chi connectivity index (χ2n) is 4.92. The number of amides is 1. The molecular weight excluding hydrogens is 292 g/mol. The minimum Gasteiger partial charge on any atom is -0.374 e. The fourth-order valence-corrected chi connectivity index (χ4v) is 2.95. The molecule has 0 saturated carbocycles. The minimum absolute atomic E-state index is 0.170. The van der Waals surface area contributed by atoms with Crippen LogP contribution in [0.15, 0.2) is 22.7 Å². The molecule has 0 radical (unpaired) electrons. The molecule has 0 bridgehead atoms. The Morgan fingerprint density at radius 2 is 2.00 bits per heavy atom. The van der Waals surface area contributed by atoms with Crippen LogP contribution in [0.25, 0.3) is 0 Å². The van der Waals surface area contributed by atoms with Gasteiger partial charge in [0.15, 0.2) is 0 Å². The van der Waals surface area contributed by atoms with Crippen LogP contribution in [-0.4, -0.2) is 29.9 Å². The summed E-state index contributed by atoms with van der Waals surface area (Å²) in [6.07, 6.45) is 2.27. The molecule has 1 unspecified atom stereocenters. The Bertz CT molecular complexity index is 421. The fraction of sp³-hybridized carbons (Fsp3) is 0.500. The van der Waals surface area contributed by atoms with Gasteiger partial charge in [0.2, 0.25) is 5.91 Å². The van der Waals surface area contributed by atoms with E-state index in [-0.39, 0.29) is 11.9 Å². The summed E-state index contributed by atoms with van der Waals surface area (Å²) < 4.78 is 1.03. The molecule has 1 amide bonds. The van der Waals surface area contributed by atoms with Gasteiger partial charge in [-0.15, -0.1) is 0 Å². The van der Waals surface area contributed by atoms with Gasteiger partial charge in [-0.25, -0.2) is 0 Å². The Hall–Kier alpha value is -1.03. The van der Waals surface area contributed by atoms with Crippen LogP contribution in [0.4, 0.5) is 5.69 Å². The van der Waals surface area contributed by atoms with Crippen molar-refractivity contribution < 1.29 is 4.79 Å². The van der Waals surface area contributed by atoms with Gasteiger partial charge in [0.1, 0.15) is 6.04 Å². The van der Waals surface area contributed by atoms with Crippen molar-refractivity contribution in [3.05, 3.63) is 28.2 Å². The molecule has 1 N–H and O–H groups in total. The second kappa shape index (κ2) is 5.74. The summed E-state index contributed by atoms with van der Waals surface area (Å²) in [5.41, 5.74) is 2.16. The van der Waals surface area contributed by atoms with Crippen molar-refractivity contribution in [1.29, 1.82) is 0 Å². The molecule has 1 heterocycles. The van der Waals surface area contributed by atoms with Crippen molar-refractivity contribution in [3.63, 3.8) is 0 Å². The van der Waals surface area contributed by atoms with E-state index in [1.165, 1.54) is 5.56 Å². The minimum atomic E-state index is -0.170. The topological polar surface area (TPSA) is 32.3 Å². The molecule has 0 aliphatic carbocycles. The number of hydrogen-bond acceptors (Lipinski definition) is 2. The zero-order valence-electron chi connectivity index (χ0n) is 10.9. The predicted molar refractivity (Wildman–Crippen MR) is 77.8 cm³/mol. The van der Waals surface area contributed by atoms with E-state index in [9.17, 15) is 4.79 Å². The number of likely N-dealkylation sites (tertiary alicyclic amines) is 1. The Morgan fingerprint density at radius 3 is 2.61 bits per heavy atom. The molecule has 1 aliphatic rings. The van der Waals surface area contributed by atoms with Crippen molar-refractivity contribution in [3.8, 4) is 0 Å². The number of benzene rings is 1. The van der Waals surface area contributed by atoms with E-state index in [1.807, 2.05) is 24.8 Å². The SMILES string of the molecule is Cc1cc(Br)cc(NC(C)C(=O)N2CCCC2)c1. The number of anilines is 1. The first-order valence-electron chi connectivity index (χ1n) is 6.39. The van der Waals surface area contributed by atoms with Crippen LogP contribution in [0.1, 0.15) is 25.3 Å². The number of aryl methyl sites for hydroxylation is 1. The highest BCUT2D eigenvalue weighted by atomic mass is 79.9. The smallest absolute Gasteiger partial charge is 0.244 e. The standard InChI is InChI=1S/C14H19BrN2O/c1-10-7-12(15)9-13(8-10)16-11(2)14(18)17-5-3-4-6-17/h7-9,11,16H,3-6H2,1-2H3. The van der Waals surface area contributed by atoms with Crippen LogP contribution in [0.2, 0.25) is 0 Å². The molecule has 1 atom stereocenters. The average Bonchev–Trinajstić information content (AvgIpc) is 2.79. The quantitative estimate of drug-likeness (QED) is 0.930. The third kappa shape index (κ3) is 3.25. The highest BCUT2D eigenvalue weighted by Gasteiger charge is 2.22. The second-order valence-corrected chi connectivity index (χ2v) is 5.83. The fourth-order valence-electron chi connectivity index (χ4n) is 2.34. The van der Waals surface area contributed by atoms with Gasteiger partial charge in [0, 0.05) is 23.2 Å². The van der Waals surface area contributed by atoms with Crippen LogP contribution in [0, 0.1) is 6.92 Å². The average molecular weight is 311 g/mol. The van der Waals surface area contributed by atoms with Gasteiger partial charge in [0.25, 0.3) is 0 Å². The van der Waals surface area contributed by atoms with E-state index >= 15 is 0 Å². The Morgan fingerprint density at radius 1 is 1.33 bits per heavy atom. The van der Waals surface area contributed by atoms with E-state index in [0.29, 0.717) is 0 Å². The van der Waals surface area contributed by atoms with E-state index < -0.39 is 0 Å². The molecular formula is C14H19BrN2O. The summed E-state index contributed by atoms with van der Waals surface area (Å²) in [7, 11) is 0. The third-order valence-electron chi connectivity index (χ3n) is 3.21. The van der Waals surface area contributed by atoms with Crippen LogP contribution in [0.3, 0.4) is 0 Å². The van der Waals surface area contributed by atoms with Crippen molar-refractivity contribution in [2.75, 3.05) is 18.4 Å². The highest BCUT2D eigenvalue weighted by molar-refractivity contribution is 9.10. The normalized spacial score (nSPS) is 16.7. The first-order chi connectivity index (χ1) is 8.56. The Labute approximate surface area is 117 Å². The van der Waals surface area contributed by atoms with Crippen molar-refractivity contribution in [2.24, 2.45) is 0 Å². The maximum Gasteiger partial charge on any atom is 0.244 e. The molecule has 1 aliphatic heterocycles. The van der Waals surface area contributed by atoms with E-state index in [0.717, 1.165) is 36.1 Å². The number of carbonyl (C=O) groups excluding carboxylic acids is 1. The zero-order valence-corrected chi connectivity index (χ0v) is 12.5. The summed E-state index contributed by atoms with van der Waals surface area (Å²) in [5, 5.41) is 3.28. The summed E-state index contributed by atoms with van der Waals surface area (Å²) in [4.78, 5) is 14.1. The van der Waals surface area contributed by atoms with Gasteiger partial charge in [-0.05, 0) is 50.5 Å². The van der Waals surface area contributed by atoms with Gasteiger partial charge in [-0.1, -0.05) is 15.9 Å². The molecule has 2 rings (SSSR count). The Balaban J connectivity index is 2.01. The van der Waals surface area contributed by atoms with E-state index in [4.69, 9.17) is 0 Å². The number of rotatable bonds is 3. The largest absolute Gasteiger partial charge is 0.374 e. The zero-order chi connectivity index (χ0) is 13.1. The molecule has 1 saturated heterocycles. The highest BCUT2D eigenvalue weighted by Crippen LogP contribution is 2.20. The number of nitrogens with one attached hydrogen (secondary N) is 1. The van der Waals surface area contributed by atoms with Crippen molar-refractivity contribution in [1.82, 2.24) is 4.90 Å². The monoisotopic (exact) mass is 310 g/mol. The summed E-state index contributed by atoms with van der Waals surface area (Å²) in [6, 6.07) is 5.94. The predicted octanol–water partition coefficient (Wildman–Crippen LogP) is 3.18. The molecule has 1 aromatic rings. The van der Waals surface area contributed by atoms with E-state index in [2.05, 4.69) is 33.4 Å². The molecule has 0 spiro atoms. The van der Waals surface area contributed by atoms with Gasteiger partial charge in [0.05, 0.1) is 0 Å². The molecule has 4 heteroatoms. The molecule has 1 aromatic carbocycles. The summed E-state index contributed by atoms with van der Waals surface area (Å²) in [6.45, 7) is 5.78. The van der Waals surface area contributed by atoms with Crippen LogP contribution < -0.4 is 5.32 Å².